The number of benzene rings is 1. The van der Waals surface area contributed by atoms with Crippen molar-refractivity contribution in [3.63, 3.8) is 0 Å². The average Bonchev–Trinajstić information content (AvgIpc) is 2.91. The summed E-state index contributed by atoms with van der Waals surface area (Å²) in [6, 6.07) is 10.0. The van der Waals surface area contributed by atoms with Gasteiger partial charge >= 0.3 is 5.97 Å². The Kier molecular flexibility index (Phi) is 2.83. The molecule has 0 bridgehead atoms. The van der Waals surface area contributed by atoms with Gasteiger partial charge in [0.15, 0.2) is 0 Å². The third kappa shape index (κ3) is 2.07. The second-order valence-electron chi connectivity index (χ2n) is 4.27. The number of carboxylic acid groups (broad SMARTS) is 1. The molecule has 3 rings (SSSR count). The molecule has 0 aliphatic rings. The van der Waals surface area contributed by atoms with Crippen molar-refractivity contribution in [2.45, 2.75) is 6.54 Å². The second-order valence-corrected chi connectivity index (χ2v) is 4.27. The third-order valence-electron chi connectivity index (χ3n) is 2.94. The molecule has 6 nitrogen and oxygen atoms in total. The van der Waals surface area contributed by atoms with Crippen LogP contribution < -0.4 is 5.56 Å². The average molecular weight is 270 g/mol. The fourth-order valence-corrected chi connectivity index (χ4v) is 1.97. The van der Waals surface area contributed by atoms with Gasteiger partial charge < -0.3 is 9.52 Å². The molecular formula is C14H10N2O4. The van der Waals surface area contributed by atoms with Crippen molar-refractivity contribution in [3.8, 4) is 0 Å². The van der Waals surface area contributed by atoms with Crippen LogP contribution in [0.4, 0.5) is 0 Å². The molecule has 2 aromatic heterocycles. The standard InChI is InChI=1S/C14H10N2O4/c17-13-11-4-2-1-3-9(11)7-15-16(13)8-10-5-6-12(20-10)14(18)19/h1-7H,8H2,(H,18,19). The lowest BCUT2D eigenvalue weighted by molar-refractivity contribution is 0.0660. The number of hydrogen-bond donors (Lipinski definition) is 1. The molecule has 0 fully saturated rings. The normalized spacial score (nSPS) is 10.8. The van der Waals surface area contributed by atoms with Gasteiger partial charge in [0, 0.05) is 5.39 Å². The first-order valence-corrected chi connectivity index (χ1v) is 5.92. The van der Waals surface area contributed by atoms with Crippen molar-refractivity contribution >= 4 is 16.7 Å². The molecule has 3 aromatic rings. The highest BCUT2D eigenvalue weighted by molar-refractivity contribution is 5.84. The largest absolute Gasteiger partial charge is 0.475 e. The Morgan fingerprint density at radius 1 is 1.25 bits per heavy atom. The highest BCUT2D eigenvalue weighted by atomic mass is 16.4. The molecule has 0 spiro atoms. The number of hydrogen-bond acceptors (Lipinski definition) is 4. The zero-order valence-corrected chi connectivity index (χ0v) is 10.3. The molecule has 0 radical (unpaired) electrons. The molecule has 0 amide bonds. The third-order valence-corrected chi connectivity index (χ3v) is 2.94. The van der Waals surface area contributed by atoms with E-state index in [2.05, 4.69) is 5.10 Å². The van der Waals surface area contributed by atoms with Crippen molar-refractivity contribution in [2.75, 3.05) is 0 Å². The highest BCUT2D eigenvalue weighted by Gasteiger charge is 2.11. The van der Waals surface area contributed by atoms with Gasteiger partial charge in [-0.15, -0.1) is 0 Å². The second kappa shape index (κ2) is 4.65. The van der Waals surface area contributed by atoms with Crippen molar-refractivity contribution in [1.29, 1.82) is 0 Å². The molecule has 1 aromatic carbocycles. The summed E-state index contributed by atoms with van der Waals surface area (Å²) < 4.78 is 6.36. The number of aromatic carboxylic acids is 1. The SMILES string of the molecule is O=C(O)c1ccc(Cn2ncc3ccccc3c2=O)o1. The van der Waals surface area contributed by atoms with Gasteiger partial charge in [-0.2, -0.15) is 5.10 Å². The van der Waals surface area contributed by atoms with Gasteiger partial charge in [0.1, 0.15) is 12.3 Å². The van der Waals surface area contributed by atoms with Gasteiger partial charge in [-0.3, -0.25) is 4.79 Å². The Morgan fingerprint density at radius 3 is 2.80 bits per heavy atom. The summed E-state index contributed by atoms with van der Waals surface area (Å²) in [6.45, 7) is 0.0942. The van der Waals surface area contributed by atoms with Gasteiger partial charge in [-0.1, -0.05) is 18.2 Å². The van der Waals surface area contributed by atoms with Crippen LogP contribution in [0.5, 0.6) is 0 Å². The molecule has 0 aliphatic heterocycles. The smallest absolute Gasteiger partial charge is 0.371 e. The van der Waals surface area contributed by atoms with Crippen molar-refractivity contribution in [1.82, 2.24) is 9.78 Å². The van der Waals surface area contributed by atoms with E-state index in [1.807, 2.05) is 12.1 Å². The molecule has 1 N–H and O–H groups in total. The first-order chi connectivity index (χ1) is 9.65. The molecular weight excluding hydrogens is 260 g/mol. The molecule has 0 saturated heterocycles. The number of rotatable bonds is 3. The summed E-state index contributed by atoms with van der Waals surface area (Å²) in [4.78, 5) is 22.9. The lowest BCUT2D eigenvalue weighted by Gasteiger charge is -2.03. The van der Waals surface area contributed by atoms with Crippen LogP contribution in [0.1, 0.15) is 16.3 Å². The van der Waals surface area contributed by atoms with Crippen LogP contribution in [0.15, 0.2) is 51.8 Å². The fourth-order valence-electron chi connectivity index (χ4n) is 1.97. The number of fused-ring (bicyclic) bond motifs is 1. The first kappa shape index (κ1) is 12.2. The lowest BCUT2D eigenvalue weighted by Crippen LogP contribution is -2.23. The van der Waals surface area contributed by atoms with Crippen LogP contribution in [-0.4, -0.2) is 20.9 Å². The van der Waals surface area contributed by atoms with Crippen molar-refractivity contribution in [3.05, 3.63) is 64.5 Å². The maximum absolute atomic E-state index is 12.2. The maximum Gasteiger partial charge on any atom is 0.371 e. The predicted molar refractivity (Wildman–Crippen MR) is 70.8 cm³/mol. The van der Waals surface area contributed by atoms with Gasteiger partial charge in [-0.05, 0) is 18.2 Å². The van der Waals surface area contributed by atoms with E-state index in [1.165, 1.54) is 16.8 Å². The summed E-state index contributed by atoms with van der Waals surface area (Å²) in [5.74, 6) is -0.934. The molecule has 0 saturated carbocycles. The van der Waals surface area contributed by atoms with E-state index < -0.39 is 5.97 Å². The minimum absolute atomic E-state index is 0.0942. The quantitative estimate of drug-likeness (QED) is 0.783. The van der Waals surface area contributed by atoms with E-state index in [9.17, 15) is 9.59 Å². The Morgan fingerprint density at radius 2 is 2.05 bits per heavy atom. The topological polar surface area (TPSA) is 85.3 Å². The summed E-state index contributed by atoms with van der Waals surface area (Å²) in [6.07, 6.45) is 1.60. The molecule has 0 unspecified atom stereocenters. The van der Waals surface area contributed by atoms with Crippen molar-refractivity contribution < 1.29 is 14.3 Å². The predicted octanol–water partition coefficient (Wildman–Crippen LogP) is 1.74. The Bertz CT molecular complexity index is 848. The van der Waals surface area contributed by atoms with Crippen LogP contribution in [-0.2, 0) is 6.54 Å². The van der Waals surface area contributed by atoms with Gasteiger partial charge in [-0.25, -0.2) is 9.48 Å². The van der Waals surface area contributed by atoms with Crippen LogP contribution in [0.3, 0.4) is 0 Å². The van der Waals surface area contributed by atoms with E-state index in [0.717, 1.165) is 5.39 Å². The number of aromatic nitrogens is 2. The number of nitrogens with zero attached hydrogens (tertiary/aromatic N) is 2. The van der Waals surface area contributed by atoms with Crippen LogP contribution in [0, 0.1) is 0 Å². The minimum Gasteiger partial charge on any atom is -0.475 e. The maximum atomic E-state index is 12.2. The summed E-state index contributed by atoms with van der Waals surface area (Å²) in [5, 5.41) is 14.2. The molecule has 2 heterocycles. The lowest BCUT2D eigenvalue weighted by atomic mass is 10.2. The Hall–Kier alpha value is -2.89. The van der Waals surface area contributed by atoms with Crippen LogP contribution >= 0.6 is 0 Å². The van der Waals surface area contributed by atoms with E-state index >= 15 is 0 Å². The summed E-state index contributed by atoms with van der Waals surface area (Å²) >= 11 is 0. The van der Waals surface area contributed by atoms with Crippen LogP contribution in [0.2, 0.25) is 0 Å². The van der Waals surface area contributed by atoms with Gasteiger partial charge in [0.25, 0.3) is 5.56 Å². The van der Waals surface area contributed by atoms with E-state index in [0.29, 0.717) is 11.1 Å². The first-order valence-electron chi connectivity index (χ1n) is 5.92. The molecule has 6 heteroatoms. The summed E-state index contributed by atoms with van der Waals surface area (Å²) in [5.41, 5.74) is -0.239. The molecule has 0 atom stereocenters. The zero-order valence-electron chi connectivity index (χ0n) is 10.3. The highest BCUT2D eigenvalue weighted by Crippen LogP contribution is 2.10. The zero-order chi connectivity index (χ0) is 14.1. The van der Waals surface area contributed by atoms with Gasteiger partial charge in [0.2, 0.25) is 5.76 Å². The van der Waals surface area contributed by atoms with Crippen molar-refractivity contribution in [2.24, 2.45) is 0 Å². The molecule has 20 heavy (non-hydrogen) atoms. The van der Waals surface area contributed by atoms with E-state index in [4.69, 9.17) is 9.52 Å². The fraction of sp³-hybridized carbons (Fsp3) is 0.0714. The van der Waals surface area contributed by atoms with Gasteiger partial charge in [0.05, 0.1) is 11.6 Å². The Balaban J connectivity index is 2.00. The van der Waals surface area contributed by atoms with E-state index in [-0.39, 0.29) is 17.9 Å². The summed E-state index contributed by atoms with van der Waals surface area (Å²) in [7, 11) is 0. The van der Waals surface area contributed by atoms with E-state index in [1.54, 1.807) is 18.3 Å². The number of carbonyl (C=O) groups is 1. The molecule has 0 aliphatic carbocycles. The monoisotopic (exact) mass is 270 g/mol. The number of furan rings is 1. The Labute approximate surface area is 112 Å². The minimum atomic E-state index is -1.14. The molecule has 100 valence electrons. The number of carboxylic acids is 1. The van der Waals surface area contributed by atoms with Crippen LogP contribution in [0.25, 0.3) is 10.8 Å².